The van der Waals surface area contributed by atoms with E-state index in [1.165, 1.54) is 4.90 Å². The number of hydrogen-bond donors (Lipinski definition) is 1. The molecule has 0 atom stereocenters. The van der Waals surface area contributed by atoms with Crippen molar-refractivity contribution >= 4 is 11.9 Å². The number of methoxy groups -OCH3 is 1. The number of hydrogen-bond acceptors (Lipinski definition) is 5. The number of carbonyl (C=O) groups excluding carboxylic acids is 1. The van der Waals surface area contributed by atoms with Gasteiger partial charge in [0.15, 0.2) is 0 Å². The lowest BCUT2D eigenvalue weighted by Crippen LogP contribution is -2.24. The van der Waals surface area contributed by atoms with E-state index in [0.717, 1.165) is 0 Å². The van der Waals surface area contributed by atoms with Gasteiger partial charge in [0, 0.05) is 19.7 Å². The number of benzene rings is 1. The van der Waals surface area contributed by atoms with E-state index in [9.17, 15) is 4.79 Å². The summed E-state index contributed by atoms with van der Waals surface area (Å²) in [6.45, 7) is 1.74. The molecule has 0 aliphatic carbocycles. The summed E-state index contributed by atoms with van der Waals surface area (Å²) in [4.78, 5) is 22.3. The van der Waals surface area contributed by atoms with Crippen LogP contribution in [0.4, 0.5) is 5.95 Å². The number of para-hydroxylation sites is 1. The fourth-order valence-corrected chi connectivity index (χ4v) is 2.11. The summed E-state index contributed by atoms with van der Waals surface area (Å²) in [6, 6.07) is 7.36. The fraction of sp³-hybridized carbons (Fsp3) is 0.267. The summed E-state index contributed by atoms with van der Waals surface area (Å²) in [5.74, 6) is 0.583. The molecule has 2 aromatic rings. The third-order valence-electron chi connectivity index (χ3n) is 3.09. The van der Waals surface area contributed by atoms with Crippen molar-refractivity contribution in [3.05, 3.63) is 35.5 Å². The number of nitrogens with two attached hydrogens (primary N) is 1. The van der Waals surface area contributed by atoms with E-state index in [1.54, 1.807) is 28.1 Å². The molecule has 2 rings (SSSR count). The van der Waals surface area contributed by atoms with Crippen LogP contribution in [-0.4, -0.2) is 42.0 Å². The zero-order chi connectivity index (χ0) is 15.6. The molecule has 6 nitrogen and oxygen atoms in total. The van der Waals surface area contributed by atoms with E-state index in [2.05, 4.69) is 9.97 Å². The van der Waals surface area contributed by atoms with Gasteiger partial charge in [-0.2, -0.15) is 0 Å². The number of anilines is 1. The third kappa shape index (κ3) is 2.79. The number of carbonyl (C=O) groups is 1. The van der Waals surface area contributed by atoms with Crippen molar-refractivity contribution in [2.75, 3.05) is 26.9 Å². The van der Waals surface area contributed by atoms with Crippen molar-refractivity contribution in [2.24, 2.45) is 0 Å². The van der Waals surface area contributed by atoms with Gasteiger partial charge in [-0.05, 0) is 19.1 Å². The van der Waals surface area contributed by atoms with Crippen molar-refractivity contribution in [2.45, 2.75) is 6.92 Å². The van der Waals surface area contributed by atoms with Crippen molar-refractivity contribution in [1.29, 1.82) is 0 Å². The Hall–Kier alpha value is -2.63. The normalized spacial score (nSPS) is 10.3. The van der Waals surface area contributed by atoms with Crippen LogP contribution in [0.5, 0.6) is 5.75 Å². The number of rotatable bonds is 3. The lowest BCUT2D eigenvalue weighted by atomic mass is 10.0. The molecule has 1 aromatic heterocycles. The van der Waals surface area contributed by atoms with Crippen molar-refractivity contribution in [1.82, 2.24) is 14.9 Å². The SMILES string of the molecule is COc1ccccc1-c1nc(N)nc(C)c1C(=O)N(C)C. The molecule has 21 heavy (non-hydrogen) atoms. The van der Waals surface area contributed by atoms with E-state index >= 15 is 0 Å². The lowest BCUT2D eigenvalue weighted by molar-refractivity contribution is 0.0827. The van der Waals surface area contributed by atoms with Crippen LogP contribution in [-0.2, 0) is 0 Å². The maximum Gasteiger partial charge on any atom is 0.257 e. The quantitative estimate of drug-likeness (QED) is 0.929. The second-order valence-electron chi connectivity index (χ2n) is 4.79. The Morgan fingerprint density at radius 1 is 1.24 bits per heavy atom. The molecule has 0 spiro atoms. The van der Waals surface area contributed by atoms with Crippen molar-refractivity contribution in [3.8, 4) is 17.0 Å². The molecule has 0 bridgehead atoms. The van der Waals surface area contributed by atoms with Gasteiger partial charge in [-0.15, -0.1) is 0 Å². The van der Waals surface area contributed by atoms with Crippen LogP contribution in [0.25, 0.3) is 11.3 Å². The standard InChI is InChI=1S/C15H18N4O2/c1-9-12(14(20)19(2)3)13(18-15(16)17-9)10-7-5-6-8-11(10)21-4/h5-8H,1-4H3,(H2,16,17,18). The molecule has 110 valence electrons. The molecule has 1 aromatic carbocycles. The molecule has 1 heterocycles. The predicted octanol–water partition coefficient (Wildman–Crippen LogP) is 1.74. The first-order chi connectivity index (χ1) is 9.95. The average molecular weight is 286 g/mol. The van der Waals surface area contributed by atoms with Gasteiger partial charge in [-0.1, -0.05) is 12.1 Å². The van der Waals surface area contributed by atoms with E-state index in [1.807, 2.05) is 24.3 Å². The Balaban J connectivity index is 2.76. The number of aryl methyl sites for hydroxylation is 1. The van der Waals surface area contributed by atoms with Crippen molar-refractivity contribution in [3.63, 3.8) is 0 Å². The summed E-state index contributed by atoms with van der Waals surface area (Å²) in [5, 5.41) is 0. The van der Waals surface area contributed by atoms with E-state index in [-0.39, 0.29) is 11.9 Å². The predicted molar refractivity (Wildman–Crippen MR) is 81.2 cm³/mol. The second kappa shape index (κ2) is 5.78. The topological polar surface area (TPSA) is 81.3 Å². The highest BCUT2D eigenvalue weighted by molar-refractivity contribution is 6.01. The minimum Gasteiger partial charge on any atom is -0.496 e. The number of nitrogen functional groups attached to an aromatic ring is 1. The third-order valence-corrected chi connectivity index (χ3v) is 3.09. The summed E-state index contributed by atoms with van der Waals surface area (Å²) in [6.07, 6.45) is 0. The highest BCUT2D eigenvalue weighted by Gasteiger charge is 2.22. The largest absolute Gasteiger partial charge is 0.496 e. The van der Waals surface area contributed by atoms with Crippen LogP contribution in [0.2, 0.25) is 0 Å². The number of nitrogens with zero attached hydrogens (tertiary/aromatic N) is 3. The smallest absolute Gasteiger partial charge is 0.257 e. The second-order valence-corrected chi connectivity index (χ2v) is 4.79. The maximum absolute atomic E-state index is 12.4. The van der Waals surface area contributed by atoms with E-state index in [4.69, 9.17) is 10.5 Å². The summed E-state index contributed by atoms with van der Waals surface area (Å²) < 4.78 is 5.35. The molecule has 0 aliphatic rings. The Labute approximate surface area is 123 Å². The van der Waals surface area contributed by atoms with E-state index in [0.29, 0.717) is 28.3 Å². The molecule has 0 saturated heterocycles. The maximum atomic E-state index is 12.4. The van der Waals surface area contributed by atoms with Crippen LogP contribution in [0, 0.1) is 6.92 Å². The minimum absolute atomic E-state index is 0.128. The molecule has 0 aliphatic heterocycles. The zero-order valence-corrected chi connectivity index (χ0v) is 12.5. The van der Waals surface area contributed by atoms with Gasteiger partial charge in [0.2, 0.25) is 5.95 Å². The molecular formula is C15H18N4O2. The van der Waals surface area contributed by atoms with Crippen LogP contribution >= 0.6 is 0 Å². The molecule has 0 unspecified atom stereocenters. The van der Waals surface area contributed by atoms with Gasteiger partial charge in [-0.3, -0.25) is 4.79 Å². The molecule has 0 fully saturated rings. The Kier molecular flexibility index (Phi) is 4.07. The minimum atomic E-state index is -0.173. The summed E-state index contributed by atoms with van der Waals surface area (Å²) in [7, 11) is 4.94. The number of ether oxygens (including phenoxy) is 1. The molecular weight excluding hydrogens is 268 g/mol. The molecule has 0 saturated carbocycles. The van der Waals surface area contributed by atoms with Crippen LogP contribution in [0.1, 0.15) is 16.1 Å². The highest BCUT2D eigenvalue weighted by Crippen LogP contribution is 2.32. The number of aromatic nitrogens is 2. The van der Waals surface area contributed by atoms with Crippen LogP contribution < -0.4 is 10.5 Å². The first-order valence-electron chi connectivity index (χ1n) is 6.44. The zero-order valence-electron chi connectivity index (χ0n) is 12.5. The van der Waals surface area contributed by atoms with Gasteiger partial charge in [0.25, 0.3) is 5.91 Å². The first kappa shape index (κ1) is 14.8. The first-order valence-corrected chi connectivity index (χ1v) is 6.44. The summed E-state index contributed by atoms with van der Waals surface area (Å²) >= 11 is 0. The fourth-order valence-electron chi connectivity index (χ4n) is 2.11. The van der Waals surface area contributed by atoms with Gasteiger partial charge in [0.05, 0.1) is 24.1 Å². The van der Waals surface area contributed by atoms with Crippen LogP contribution in [0.15, 0.2) is 24.3 Å². The van der Waals surface area contributed by atoms with Gasteiger partial charge >= 0.3 is 0 Å². The van der Waals surface area contributed by atoms with Gasteiger partial charge in [0.1, 0.15) is 5.75 Å². The van der Waals surface area contributed by atoms with Crippen molar-refractivity contribution < 1.29 is 9.53 Å². The van der Waals surface area contributed by atoms with Crippen LogP contribution in [0.3, 0.4) is 0 Å². The van der Waals surface area contributed by atoms with Gasteiger partial charge in [-0.25, -0.2) is 9.97 Å². The molecule has 0 radical (unpaired) electrons. The van der Waals surface area contributed by atoms with Gasteiger partial charge < -0.3 is 15.4 Å². The monoisotopic (exact) mass is 286 g/mol. The Morgan fingerprint density at radius 3 is 2.52 bits per heavy atom. The molecule has 6 heteroatoms. The Bertz CT molecular complexity index is 683. The lowest BCUT2D eigenvalue weighted by Gasteiger charge is -2.17. The summed E-state index contributed by atoms with van der Waals surface area (Å²) in [5.41, 5.74) is 7.91. The van der Waals surface area contributed by atoms with E-state index < -0.39 is 0 Å². The average Bonchev–Trinajstić information content (AvgIpc) is 2.45. The highest BCUT2D eigenvalue weighted by atomic mass is 16.5. The molecule has 1 amide bonds. The number of amides is 1. The Morgan fingerprint density at radius 2 is 1.90 bits per heavy atom. The molecule has 2 N–H and O–H groups in total.